The molecule has 0 radical (unpaired) electrons. The molecule has 0 spiro atoms. The van der Waals surface area contributed by atoms with E-state index in [1.54, 1.807) is 0 Å². The number of hydrogen-bond donors (Lipinski definition) is 2. The molecule has 1 unspecified atom stereocenters. The van der Waals surface area contributed by atoms with Crippen molar-refractivity contribution >= 4 is 12.0 Å². The molecular formula is C13H22N2O3. The van der Waals surface area contributed by atoms with E-state index in [1.165, 1.54) is 25.8 Å². The van der Waals surface area contributed by atoms with Gasteiger partial charge in [0.25, 0.3) is 0 Å². The van der Waals surface area contributed by atoms with Gasteiger partial charge in [-0.25, -0.2) is 9.59 Å². The molecule has 0 aromatic carbocycles. The molecule has 5 nitrogen and oxygen atoms in total. The lowest BCUT2D eigenvalue weighted by Gasteiger charge is -2.32. The van der Waals surface area contributed by atoms with Crippen molar-refractivity contribution in [3.63, 3.8) is 0 Å². The quantitative estimate of drug-likeness (QED) is 0.752. The molecule has 0 bridgehead atoms. The van der Waals surface area contributed by atoms with Gasteiger partial charge in [-0.2, -0.15) is 0 Å². The van der Waals surface area contributed by atoms with Crippen molar-refractivity contribution in [2.24, 2.45) is 5.92 Å². The first-order chi connectivity index (χ1) is 8.35. The predicted molar refractivity (Wildman–Crippen MR) is 69.4 cm³/mol. The average molecular weight is 254 g/mol. The predicted octanol–water partition coefficient (Wildman–Crippen LogP) is 1.85. The number of urea groups is 1. The molecule has 0 heterocycles. The fourth-order valence-corrected chi connectivity index (χ4v) is 1.79. The highest BCUT2D eigenvalue weighted by Gasteiger charge is 2.35. The number of allylic oxidation sites excluding steroid dienone is 2. The lowest BCUT2D eigenvalue weighted by Crippen LogP contribution is -2.54. The van der Waals surface area contributed by atoms with E-state index in [0.29, 0.717) is 12.5 Å². The third-order valence-corrected chi connectivity index (χ3v) is 3.59. The van der Waals surface area contributed by atoms with Gasteiger partial charge in [0.2, 0.25) is 0 Å². The number of aliphatic carboxylic acids is 1. The zero-order valence-electron chi connectivity index (χ0n) is 11.3. The summed E-state index contributed by atoms with van der Waals surface area (Å²) in [6, 6.07) is -0.336. The van der Waals surface area contributed by atoms with Crippen molar-refractivity contribution in [2.45, 2.75) is 38.6 Å². The summed E-state index contributed by atoms with van der Waals surface area (Å²) >= 11 is 0. The topological polar surface area (TPSA) is 69.6 Å². The number of nitrogens with zero attached hydrogens (tertiary/aromatic N) is 1. The minimum absolute atomic E-state index is 0.336. The number of carboxylic acid groups (broad SMARTS) is 1. The van der Waals surface area contributed by atoms with Crippen LogP contribution in [0.4, 0.5) is 4.79 Å². The molecule has 102 valence electrons. The third kappa shape index (κ3) is 3.48. The van der Waals surface area contributed by atoms with Gasteiger partial charge in [0, 0.05) is 13.6 Å². The average Bonchev–Trinajstić information content (AvgIpc) is 2.36. The maximum absolute atomic E-state index is 11.9. The van der Waals surface area contributed by atoms with Crippen LogP contribution in [0.15, 0.2) is 12.2 Å². The largest absolute Gasteiger partial charge is 0.480 e. The monoisotopic (exact) mass is 254 g/mol. The van der Waals surface area contributed by atoms with Gasteiger partial charge in [0.1, 0.15) is 5.54 Å². The molecule has 0 aromatic heterocycles. The molecule has 1 atom stereocenters. The van der Waals surface area contributed by atoms with Crippen LogP contribution in [0, 0.1) is 5.92 Å². The Labute approximate surface area is 108 Å². The van der Waals surface area contributed by atoms with Crippen molar-refractivity contribution in [3.8, 4) is 0 Å². The van der Waals surface area contributed by atoms with Crippen LogP contribution in [0.1, 0.15) is 33.1 Å². The molecule has 0 aromatic rings. The Bertz CT molecular complexity index is 350. The second-order valence-corrected chi connectivity index (χ2v) is 5.26. The zero-order chi connectivity index (χ0) is 13.8. The maximum atomic E-state index is 11.9. The van der Waals surface area contributed by atoms with Gasteiger partial charge in [-0.05, 0) is 39.0 Å². The molecule has 0 aliphatic heterocycles. The van der Waals surface area contributed by atoms with Crippen LogP contribution < -0.4 is 5.32 Å². The lowest BCUT2D eigenvalue weighted by molar-refractivity contribution is -0.146. The fourth-order valence-electron chi connectivity index (χ4n) is 1.79. The first-order valence-electron chi connectivity index (χ1n) is 6.25. The van der Waals surface area contributed by atoms with E-state index in [-0.39, 0.29) is 6.03 Å². The van der Waals surface area contributed by atoms with Gasteiger partial charge in [-0.3, -0.25) is 0 Å². The molecule has 0 fully saturated rings. The Balaban J connectivity index is 2.45. The maximum Gasteiger partial charge on any atom is 0.329 e. The van der Waals surface area contributed by atoms with E-state index >= 15 is 0 Å². The molecule has 1 aliphatic carbocycles. The van der Waals surface area contributed by atoms with Gasteiger partial charge >= 0.3 is 12.0 Å². The van der Waals surface area contributed by atoms with Crippen molar-refractivity contribution in [2.75, 3.05) is 13.6 Å². The Hall–Kier alpha value is -1.52. The minimum atomic E-state index is -1.20. The minimum Gasteiger partial charge on any atom is -0.480 e. The van der Waals surface area contributed by atoms with E-state index < -0.39 is 11.5 Å². The number of carbonyl (C=O) groups is 2. The number of carboxylic acids is 1. The number of hydrogen-bond acceptors (Lipinski definition) is 2. The molecule has 0 saturated carbocycles. The van der Waals surface area contributed by atoms with E-state index in [9.17, 15) is 9.59 Å². The Morgan fingerprint density at radius 3 is 2.61 bits per heavy atom. The van der Waals surface area contributed by atoms with Crippen molar-refractivity contribution in [1.29, 1.82) is 0 Å². The van der Waals surface area contributed by atoms with Crippen molar-refractivity contribution in [3.05, 3.63) is 12.2 Å². The van der Waals surface area contributed by atoms with E-state index in [4.69, 9.17) is 5.11 Å². The van der Waals surface area contributed by atoms with Crippen LogP contribution in [-0.4, -0.2) is 41.1 Å². The first kappa shape index (κ1) is 14.5. The van der Waals surface area contributed by atoms with Crippen molar-refractivity contribution in [1.82, 2.24) is 10.2 Å². The molecule has 5 heteroatoms. The summed E-state index contributed by atoms with van der Waals surface area (Å²) in [5.74, 6) is -0.555. The van der Waals surface area contributed by atoms with Crippen molar-refractivity contribution < 1.29 is 14.7 Å². The van der Waals surface area contributed by atoms with Gasteiger partial charge < -0.3 is 15.3 Å². The molecule has 0 saturated heterocycles. The van der Waals surface area contributed by atoms with Gasteiger partial charge in [-0.1, -0.05) is 12.2 Å². The number of carbonyl (C=O) groups excluding carboxylic acids is 1. The van der Waals surface area contributed by atoms with E-state index in [0.717, 1.165) is 19.3 Å². The second kappa shape index (κ2) is 5.89. The highest BCUT2D eigenvalue weighted by atomic mass is 16.4. The number of likely N-dealkylation sites (N-methyl/N-ethyl adjacent to an activating group) is 1. The van der Waals surface area contributed by atoms with Crippen LogP contribution in [0.3, 0.4) is 0 Å². The van der Waals surface area contributed by atoms with E-state index in [2.05, 4.69) is 17.5 Å². The summed E-state index contributed by atoms with van der Waals surface area (Å²) < 4.78 is 0. The second-order valence-electron chi connectivity index (χ2n) is 5.26. The first-order valence-corrected chi connectivity index (χ1v) is 6.25. The molecule has 1 rings (SSSR count). The highest BCUT2D eigenvalue weighted by molar-refractivity contribution is 5.85. The van der Waals surface area contributed by atoms with Crippen LogP contribution in [0.25, 0.3) is 0 Å². The summed E-state index contributed by atoms with van der Waals surface area (Å²) in [5.41, 5.74) is -1.20. The summed E-state index contributed by atoms with van der Waals surface area (Å²) in [4.78, 5) is 24.1. The smallest absolute Gasteiger partial charge is 0.329 e. The molecular weight excluding hydrogens is 232 g/mol. The molecule has 18 heavy (non-hydrogen) atoms. The fraction of sp³-hybridized carbons (Fsp3) is 0.692. The Morgan fingerprint density at radius 1 is 1.44 bits per heavy atom. The summed E-state index contributed by atoms with van der Waals surface area (Å²) in [7, 11) is 1.50. The Morgan fingerprint density at radius 2 is 2.11 bits per heavy atom. The zero-order valence-corrected chi connectivity index (χ0v) is 11.3. The van der Waals surface area contributed by atoms with Gasteiger partial charge in [0.05, 0.1) is 0 Å². The molecule has 1 aliphatic rings. The lowest BCUT2D eigenvalue weighted by atomic mass is 9.94. The summed E-state index contributed by atoms with van der Waals surface area (Å²) in [6.45, 7) is 3.62. The highest BCUT2D eigenvalue weighted by Crippen LogP contribution is 2.17. The standard InChI is InChI=1S/C13H22N2O3/c1-13(2,11(16)17)15(3)12(18)14-9-10-7-5-4-6-8-10/h4-5,10H,6-9H2,1-3H3,(H,14,18)(H,16,17). The van der Waals surface area contributed by atoms with Crippen LogP contribution in [0.2, 0.25) is 0 Å². The number of rotatable bonds is 4. The Kier molecular flexibility index (Phi) is 4.76. The van der Waals surface area contributed by atoms with Gasteiger partial charge in [0.15, 0.2) is 0 Å². The van der Waals surface area contributed by atoms with Crippen LogP contribution in [-0.2, 0) is 4.79 Å². The molecule has 2 N–H and O–H groups in total. The number of amides is 2. The van der Waals surface area contributed by atoms with E-state index in [1.807, 2.05) is 0 Å². The summed E-state index contributed by atoms with van der Waals surface area (Å²) in [6.07, 6.45) is 7.38. The SMILES string of the molecule is CN(C(=O)NCC1CC=CCC1)C(C)(C)C(=O)O. The third-order valence-electron chi connectivity index (χ3n) is 3.59. The molecule has 2 amide bonds. The number of nitrogens with one attached hydrogen (secondary N) is 1. The van der Waals surface area contributed by atoms with Crippen LogP contribution >= 0.6 is 0 Å². The van der Waals surface area contributed by atoms with Gasteiger partial charge in [-0.15, -0.1) is 0 Å². The normalized spacial score (nSPS) is 19.4. The summed E-state index contributed by atoms with van der Waals surface area (Å²) in [5, 5.41) is 11.8. The van der Waals surface area contributed by atoms with Crippen LogP contribution in [0.5, 0.6) is 0 Å².